The van der Waals surface area contributed by atoms with E-state index in [9.17, 15) is 0 Å². The molecule has 0 heterocycles. The summed E-state index contributed by atoms with van der Waals surface area (Å²) >= 11 is 2.37. The van der Waals surface area contributed by atoms with E-state index in [0.717, 1.165) is 0 Å². The lowest BCUT2D eigenvalue weighted by Gasteiger charge is -2.39. The minimum Gasteiger partial charge on any atom is -0.406 e. The second kappa shape index (κ2) is 7.07. The normalized spacial score (nSPS) is 15.0. The molecule has 1 nitrogen and oxygen atoms in total. The molecule has 2 aromatic rings. The highest BCUT2D eigenvalue weighted by molar-refractivity contribution is 14.1. The molecule has 1 atom stereocenters. The van der Waals surface area contributed by atoms with Gasteiger partial charge in [0.2, 0.25) is 0 Å². The molecule has 0 bridgehead atoms. The van der Waals surface area contributed by atoms with Crippen LogP contribution in [0.25, 0.3) is 10.8 Å². The predicted molar refractivity (Wildman–Crippen MR) is 113 cm³/mol. The number of hydrogen-bond acceptors (Lipinski definition) is 1. The largest absolute Gasteiger partial charge is 0.406 e. The fourth-order valence-electron chi connectivity index (χ4n) is 2.29. The van der Waals surface area contributed by atoms with Crippen molar-refractivity contribution in [3.63, 3.8) is 0 Å². The van der Waals surface area contributed by atoms with Gasteiger partial charge < -0.3 is 4.43 Å². The Morgan fingerprint density at radius 1 is 1.09 bits per heavy atom. The number of benzene rings is 2. The molecule has 0 aliphatic heterocycles. The summed E-state index contributed by atoms with van der Waals surface area (Å²) in [4.78, 5) is 0. The van der Waals surface area contributed by atoms with Gasteiger partial charge in [0.25, 0.3) is 0 Å². The molecule has 0 saturated carbocycles. The molecule has 0 aliphatic carbocycles. The summed E-state index contributed by atoms with van der Waals surface area (Å²) in [6, 6.07) is 15.2. The van der Waals surface area contributed by atoms with Gasteiger partial charge in [-0.2, -0.15) is 0 Å². The Hall–Kier alpha value is -0.653. The van der Waals surface area contributed by atoms with Crippen LogP contribution in [0.2, 0.25) is 18.1 Å². The topological polar surface area (TPSA) is 9.23 Å². The van der Waals surface area contributed by atoms with Crippen molar-refractivity contribution in [1.29, 1.82) is 0 Å². The maximum Gasteiger partial charge on any atom is 0.193 e. The van der Waals surface area contributed by atoms with E-state index in [0.29, 0.717) is 0 Å². The molecule has 0 fully saturated rings. The molecule has 23 heavy (non-hydrogen) atoms. The van der Waals surface area contributed by atoms with Gasteiger partial charge in [0.1, 0.15) is 0 Å². The van der Waals surface area contributed by atoms with E-state index in [4.69, 9.17) is 4.43 Å². The van der Waals surface area contributed by atoms with Crippen LogP contribution in [-0.4, -0.2) is 8.32 Å². The van der Waals surface area contributed by atoms with E-state index in [1.165, 1.54) is 19.9 Å². The summed E-state index contributed by atoms with van der Waals surface area (Å²) in [6.45, 7) is 13.6. The number of allylic oxidation sites excluding steroid dienone is 1. The van der Waals surface area contributed by atoms with Crippen molar-refractivity contribution in [3.8, 4) is 0 Å². The van der Waals surface area contributed by atoms with Crippen molar-refractivity contribution in [2.75, 3.05) is 0 Å². The lowest BCUT2D eigenvalue weighted by atomic mass is 10.0. The monoisotopic (exact) mass is 438 g/mol. The van der Waals surface area contributed by atoms with Crippen LogP contribution >= 0.6 is 22.6 Å². The Balaban J connectivity index is 2.43. The zero-order chi connectivity index (χ0) is 17.3. The van der Waals surface area contributed by atoms with Crippen LogP contribution < -0.4 is 0 Å². The molecule has 1 unspecified atom stereocenters. The number of hydrogen-bond donors (Lipinski definition) is 0. The van der Waals surface area contributed by atoms with Crippen LogP contribution in [0.4, 0.5) is 0 Å². The van der Waals surface area contributed by atoms with Gasteiger partial charge in [-0.05, 0) is 79.7 Å². The first-order valence-electron chi connectivity index (χ1n) is 8.10. The van der Waals surface area contributed by atoms with Gasteiger partial charge in [-0.25, -0.2) is 0 Å². The van der Waals surface area contributed by atoms with Crippen LogP contribution in [0.1, 0.15) is 39.4 Å². The highest BCUT2D eigenvalue weighted by Gasteiger charge is 2.39. The Kier molecular flexibility index (Phi) is 5.75. The Labute approximate surface area is 155 Å². The van der Waals surface area contributed by atoms with E-state index in [1.807, 2.05) is 0 Å². The standard InChI is InChI=1S/C20H27IOSi/c1-15(21)13-19(22-23(5,6)20(2,3)4)18-12-11-16-9-7-8-10-17(16)14-18/h7-14,19H,1-6H3/b15-13+. The molecule has 0 amide bonds. The summed E-state index contributed by atoms with van der Waals surface area (Å²) < 4.78 is 7.97. The maximum absolute atomic E-state index is 6.71. The molecular formula is C20H27IOSi. The first-order valence-corrected chi connectivity index (χ1v) is 12.1. The third-order valence-electron chi connectivity index (χ3n) is 4.71. The average molecular weight is 438 g/mol. The molecule has 0 aromatic heterocycles. The van der Waals surface area contributed by atoms with Gasteiger partial charge in [0.05, 0.1) is 6.10 Å². The minimum absolute atomic E-state index is 0.0254. The van der Waals surface area contributed by atoms with Crippen molar-refractivity contribution in [2.45, 2.75) is 51.9 Å². The van der Waals surface area contributed by atoms with Crippen molar-refractivity contribution >= 4 is 41.7 Å². The van der Waals surface area contributed by atoms with Crippen LogP contribution in [0.15, 0.2) is 52.1 Å². The first-order chi connectivity index (χ1) is 10.6. The minimum atomic E-state index is -1.83. The van der Waals surface area contributed by atoms with Crippen molar-refractivity contribution < 1.29 is 4.43 Å². The second-order valence-corrected chi connectivity index (χ2v) is 14.1. The molecule has 0 N–H and O–H groups in total. The van der Waals surface area contributed by atoms with Gasteiger partial charge in [-0.15, -0.1) is 0 Å². The van der Waals surface area contributed by atoms with Gasteiger partial charge in [0, 0.05) is 0 Å². The molecule has 2 aromatic carbocycles. The number of fused-ring (bicyclic) bond motifs is 1. The molecule has 0 radical (unpaired) electrons. The van der Waals surface area contributed by atoms with E-state index in [2.05, 4.69) is 112 Å². The second-order valence-electron chi connectivity index (χ2n) is 7.66. The van der Waals surface area contributed by atoms with Crippen LogP contribution in [0, 0.1) is 0 Å². The number of halogens is 1. The highest BCUT2D eigenvalue weighted by Crippen LogP contribution is 2.40. The molecular weight excluding hydrogens is 411 g/mol. The zero-order valence-corrected chi connectivity index (χ0v) is 18.1. The molecule has 2 rings (SSSR count). The highest BCUT2D eigenvalue weighted by atomic mass is 127. The third-order valence-corrected chi connectivity index (χ3v) is 9.53. The summed E-state index contributed by atoms with van der Waals surface area (Å²) in [5, 5.41) is 2.75. The molecule has 0 saturated heterocycles. The summed E-state index contributed by atoms with van der Waals surface area (Å²) in [7, 11) is -1.83. The Morgan fingerprint density at radius 2 is 1.70 bits per heavy atom. The van der Waals surface area contributed by atoms with E-state index < -0.39 is 8.32 Å². The lowest BCUT2D eigenvalue weighted by Crippen LogP contribution is -2.41. The Morgan fingerprint density at radius 3 is 2.26 bits per heavy atom. The smallest absolute Gasteiger partial charge is 0.193 e. The Bertz CT molecular complexity index is 709. The SMILES string of the molecule is C/C(I)=C\C(O[Si](C)(C)C(C)(C)C)c1ccc2ccccc2c1. The fraction of sp³-hybridized carbons (Fsp3) is 0.400. The van der Waals surface area contributed by atoms with Gasteiger partial charge in [0.15, 0.2) is 8.32 Å². The number of rotatable bonds is 4. The fourth-order valence-corrected chi connectivity index (χ4v) is 3.80. The van der Waals surface area contributed by atoms with Gasteiger partial charge in [-0.1, -0.05) is 57.2 Å². The zero-order valence-electron chi connectivity index (χ0n) is 15.0. The maximum atomic E-state index is 6.71. The molecule has 0 spiro atoms. The van der Waals surface area contributed by atoms with Crippen LogP contribution in [0.5, 0.6) is 0 Å². The average Bonchev–Trinajstić information content (AvgIpc) is 2.44. The van der Waals surface area contributed by atoms with Gasteiger partial charge in [-0.3, -0.25) is 0 Å². The molecule has 3 heteroatoms. The van der Waals surface area contributed by atoms with E-state index >= 15 is 0 Å². The molecule has 0 aliphatic rings. The van der Waals surface area contributed by atoms with Crippen LogP contribution in [0.3, 0.4) is 0 Å². The quantitative estimate of drug-likeness (QED) is 0.361. The van der Waals surface area contributed by atoms with Crippen LogP contribution in [-0.2, 0) is 4.43 Å². The van der Waals surface area contributed by atoms with Crippen molar-refractivity contribution in [3.05, 3.63) is 57.7 Å². The van der Waals surface area contributed by atoms with Gasteiger partial charge >= 0.3 is 0 Å². The summed E-state index contributed by atoms with van der Waals surface area (Å²) in [5.41, 5.74) is 1.24. The van der Waals surface area contributed by atoms with Crippen molar-refractivity contribution in [1.82, 2.24) is 0 Å². The lowest BCUT2D eigenvalue weighted by molar-refractivity contribution is 0.229. The van der Waals surface area contributed by atoms with E-state index in [1.54, 1.807) is 0 Å². The summed E-state index contributed by atoms with van der Waals surface area (Å²) in [6.07, 6.45) is 2.27. The molecule has 124 valence electrons. The van der Waals surface area contributed by atoms with Crippen molar-refractivity contribution in [2.24, 2.45) is 0 Å². The summed E-state index contributed by atoms with van der Waals surface area (Å²) in [5.74, 6) is 0. The first kappa shape index (κ1) is 18.7. The predicted octanol–water partition coefficient (Wildman–Crippen LogP) is 7.24. The third kappa shape index (κ3) is 4.67. The van der Waals surface area contributed by atoms with E-state index in [-0.39, 0.29) is 11.1 Å².